The summed E-state index contributed by atoms with van der Waals surface area (Å²) in [5.74, 6) is -0.364. The summed E-state index contributed by atoms with van der Waals surface area (Å²) < 4.78 is 11.8. The molecule has 3 rings (SSSR count). The van der Waals surface area contributed by atoms with Crippen LogP contribution >= 0.6 is 0 Å². The number of ether oxygens (including phenoxy) is 2. The molecule has 3 nitrogen and oxygen atoms in total. The van der Waals surface area contributed by atoms with Crippen molar-refractivity contribution in [1.29, 1.82) is 0 Å². The molecule has 0 radical (unpaired) electrons. The molecule has 1 saturated heterocycles. The second-order valence-electron chi connectivity index (χ2n) is 5.25. The lowest BCUT2D eigenvalue weighted by Crippen LogP contribution is -2.46. The molecule has 1 aliphatic heterocycles. The van der Waals surface area contributed by atoms with Crippen LogP contribution in [0.1, 0.15) is 12.5 Å². The summed E-state index contributed by atoms with van der Waals surface area (Å²) in [4.78, 5) is 0. The molecule has 2 aromatic carbocycles. The van der Waals surface area contributed by atoms with E-state index in [1.807, 2.05) is 18.2 Å². The molecule has 0 aromatic heterocycles. The first kappa shape index (κ1) is 12.6. The standard InChI is InChI=1S/C16H19NO2/c1-12-9-18-16(11-17,19-10-12)15-7-6-13-4-2-3-5-14(13)8-15/h2-8,12H,9-11,17H2,1H3. The highest BCUT2D eigenvalue weighted by atomic mass is 16.7. The Hall–Kier alpha value is -1.42. The van der Waals surface area contributed by atoms with E-state index in [1.54, 1.807) is 0 Å². The van der Waals surface area contributed by atoms with Crippen LogP contribution in [-0.2, 0) is 15.3 Å². The number of benzene rings is 2. The van der Waals surface area contributed by atoms with Crippen molar-refractivity contribution < 1.29 is 9.47 Å². The molecule has 1 fully saturated rings. The molecule has 0 spiro atoms. The summed E-state index contributed by atoms with van der Waals surface area (Å²) in [6.07, 6.45) is 0. The molecule has 19 heavy (non-hydrogen) atoms. The average molecular weight is 257 g/mol. The second-order valence-corrected chi connectivity index (χ2v) is 5.25. The first-order valence-corrected chi connectivity index (χ1v) is 6.71. The summed E-state index contributed by atoms with van der Waals surface area (Å²) in [6.45, 7) is 3.81. The Labute approximate surface area is 113 Å². The van der Waals surface area contributed by atoms with Gasteiger partial charge in [-0.25, -0.2) is 0 Å². The highest BCUT2D eigenvalue weighted by Gasteiger charge is 2.37. The zero-order valence-corrected chi connectivity index (χ0v) is 11.1. The summed E-state index contributed by atoms with van der Waals surface area (Å²) in [5, 5.41) is 2.39. The summed E-state index contributed by atoms with van der Waals surface area (Å²) in [6, 6.07) is 14.5. The lowest BCUT2D eigenvalue weighted by atomic mass is 9.99. The minimum Gasteiger partial charge on any atom is -0.344 e. The Bertz CT molecular complexity index is 574. The Balaban J connectivity index is 2.01. The smallest absolute Gasteiger partial charge is 0.207 e. The van der Waals surface area contributed by atoms with Gasteiger partial charge in [-0.15, -0.1) is 0 Å². The topological polar surface area (TPSA) is 44.5 Å². The van der Waals surface area contributed by atoms with E-state index >= 15 is 0 Å². The van der Waals surface area contributed by atoms with Gasteiger partial charge in [-0.1, -0.05) is 43.3 Å². The van der Waals surface area contributed by atoms with Crippen LogP contribution in [0.2, 0.25) is 0 Å². The van der Waals surface area contributed by atoms with Crippen molar-refractivity contribution >= 4 is 10.8 Å². The lowest BCUT2D eigenvalue weighted by Gasteiger charge is -2.39. The number of hydrogen-bond donors (Lipinski definition) is 1. The van der Waals surface area contributed by atoms with Crippen LogP contribution in [0.15, 0.2) is 42.5 Å². The van der Waals surface area contributed by atoms with Gasteiger partial charge in [0.05, 0.1) is 19.8 Å². The van der Waals surface area contributed by atoms with Gasteiger partial charge in [0, 0.05) is 11.5 Å². The lowest BCUT2D eigenvalue weighted by molar-refractivity contribution is -0.284. The minimum absolute atomic E-state index is 0.331. The van der Waals surface area contributed by atoms with Crippen molar-refractivity contribution in [3.05, 3.63) is 48.0 Å². The van der Waals surface area contributed by atoms with Gasteiger partial charge in [-0.2, -0.15) is 0 Å². The van der Waals surface area contributed by atoms with Gasteiger partial charge in [0.25, 0.3) is 0 Å². The van der Waals surface area contributed by atoms with Gasteiger partial charge < -0.3 is 15.2 Å². The zero-order valence-electron chi connectivity index (χ0n) is 11.1. The molecule has 2 N–H and O–H groups in total. The summed E-state index contributed by atoms with van der Waals surface area (Å²) in [7, 11) is 0. The molecular formula is C16H19NO2. The zero-order chi connectivity index (χ0) is 13.3. The van der Waals surface area contributed by atoms with Crippen LogP contribution in [0.25, 0.3) is 10.8 Å². The van der Waals surface area contributed by atoms with E-state index in [2.05, 4.69) is 31.2 Å². The highest BCUT2D eigenvalue weighted by molar-refractivity contribution is 5.83. The van der Waals surface area contributed by atoms with E-state index < -0.39 is 5.79 Å². The molecule has 0 aliphatic carbocycles. The number of nitrogens with two attached hydrogens (primary N) is 1. The molecular weight excluding hydrogens is 238 g/mol. The quantitative estimate of drug-likeness (QED) is 0.899. The highest BCUT2D eigenvalue weighted by Crippen LogP contribution is 2.33. The Morgan fingerprint density at radius 1 is 1.11 bits per heavy atom. The third-order valence-electron chi connectivity index (χ3n) is 3.66. The normalized spacial score (nSPS) is 27.6. The van der Waals surface area contributed by atoms with E-state index in [0.29, 0.717) is 25.7 Å². The largest absolute Gasteiger partial charge is 0.344 e. The fraction of sp³-hybridized carbons (Fsp3) is 0.375. The van der Waals surface area contributed by atoms with Gasteiger partial charge in [0.1, 0.15) is 0 Å². The van der Waals surface area contributed by atoms with E-state index in [9.17, 15) is 0 Å². The number of hydrogen-bond acceptors (Lipinski definition) is 3. The summed E-state index contributed by atoms with van der Waals surface area (Å²) in [5.41, 5.74) is 6.91. The molecule has 0 amide bonds. The van der Waals surface area contributed by atoms with Crippen molar-refractivity contribution in [3.8, 4) is 0 Å². The van der Waals surface area contributed by atoms with E-state index in [-0.39, 0.29) is 0 Å². The van der Waals surface area contributed by atoms with Crippen molar-refractivity contribution in [2.45, 2.75) is 12.7 Å². The van der Waals surface area contributed by atoms with Gasteiger partial charge in [-0.3, -0.25) is 0 Å². The van der Waals surface area contributed by atoms with Crippen LogP contribution in [-0.4, -0.2) is 19.8 Å². The minimum atomic E-state index is -0.781. The maximum Gasteiger partial charge on any atom is 0.207 e. The van der Waals surface area contributed by atoms with Crippen LogP contribution in [0.5, 0.6) is 0 Å². The molecule has 0 unspecified atom stereocenters. The molecule has 0 saturated carbocycles. The van der Waals surface area contributed by atoms with E-state index in [0.717, 1.165) is 5.56 Å². The van der Waals surface area contributed by atoms with E-state index in [4.69, 9.17) is 15.2 Å². The third-order valence-corrected chi connectivity index (χ3v) is 3.66. The van der Waals surface area contributed by atoms with Crippen molar-refractivity contribution in [3.63, 3.8) is 0 Å². The molecule has 100 valence electrons. The van der Waals surface area contributed by atoms with Crippen LogP contribution < -0.4 is 5.73 Å². The first-order chi connectivity index (χ1) is 9.23. The van der Waals surface area contributed by atoms with Crippen LogP contribution in [0, 0.1) is 5.92 Å². The van der Waals surface area contributed by atoms with E-state index in [1.165, 1.54) is 10.8 Å². The maximum absolute atomic E-state index is 5.91. The van der Waals surface area contributed by atoms with Gasteiger partial charge in [0.2, 0.25) is 5.79 Å². The fourth-order valence-corrected chi connectivity index (χ4v) is 2.47. The Morgan fingerprint density at radius 2 is 1.79 bits per heavy atom. The Kier molecular flexibility index (Phi) is 3.27. The molecule has 2 aromatic rings. The third kappa shape index (κ3) is 2.25. The fourth-order valence-electron chi connectivity index (χ4n) is 2.47. The predicted octanol–water partition coefficient (Wildman–Crippen LogP) is 2.63. The van der Waals surface area contributed by atoms with Crippen molar-refractivity contribution in [1.82, 2.24) is 0 Å². The molecule has 1 aliphatic rings. The molecule has 0 atom stereocenters. The maximum atomic E-state index is 5.91. The van der Waals surface area contributed by atoms with Crippen molar-refractivity contribution in [2.24, 2.45) is 11.7 Å². The van der Waals surface area contributed by atoms with Crippen LogP contribution in [0.4, 0.5) is 0 Å². The molecule has 3 heteroatoms. The van der Waals surface area contributed by atoms with Gasteiger partial charge in [0.15, 0.2) is 0 Å². The number of rotatable bonds is 2. The summed E-state index contributed by atoms with van der Waals surface area (Å²) >= 11 is 0. The molecule has 1 heterocycles. The number of fused-ring (bicyclic) bond motifs is 1. The van der Waals surface area contributed by atoms with Gasteiger partial charge >= 0.3 is 0 Å². The molecule has 0 bridgehead atoms. The van der Waals surface area contributed by atoms with Crippen LogP contribution in [0.3, 0.4) is 0 Å². The monoisotopic (exact) mass is 257 g/mol. The average Bonchev–Trinajstić information content (AvgIpc) is 2.48. The second kappa shape index (κ2) is 4.93. The van der Waals surface area contributed by atoms with Gasteiger partial charge in [-0.05, 0) is 16.8 Å². The SMILES string of the molecule is CC1COC(CN)(c2ccc3ccccc3c2)OC1. The van der Waals surface area contributed by atoms with Crippen molar-refractivity contribution in [2.75, 3.05) is 19.8 Å². The predicted molar refractivity (Wildman–Crippen MR) is 75.7 cm³/mol. The first-order valence-electron chi connectivity index (χ1n) is 6.71. The Morgan fingerprint density at radius 3 is 2.47 bits per heavy atom.